The fourth-order valence-corrected chi connectivity index (χ4v) is 5.92. The van der Waals surface area contributed by atoms with Crippen LogP contribution in [0.1, 0.15) is 182 Å². The molecular weight excluding hydrogens is 516 g/mol. The Labute approximate surface area is 261 Å². The molecule has 0 spiro atoms. The SMILES string of the molecule is CCCCCCCCC[C@@H](CCCCC)C(=O)Nc1ccc(NC(=O)[C@@H](CCCCC)CCCCCCCCC)cc1. The third kappa shape index (κ3) is 19.4. The van der Waals surface area contributed by atoms with Crippen LogP contribution in [0.25, 0.3) is 0 Å². The third-order valence-corrected chi connectivity index (χ3v) is 8.79. The lowest BCUT2D eigenvalue weighted by Gasteiger charge is -2.18. The number of hydrogen-bond acceptors (Lipinski definition) is 2. The van der Waals surface area contributed by atoms with Gasteiger partial charge in [0.15, 0.2) is 0 Å². The number of rotatable bonds is 28. The molecule has 4 heteroatoms. The molecule has 0 aromatic heterocycles. The fourth-order valence-electron chi connectivity index (χ4n) is 5.92. The highest BCUT2D eigenvalue weighted by molar-refractivity contribution is 5.94. The lowest BCUT2D eigenvalue weighted by Crippen LogP contribution is -2.24. The summed E-state index contributed by atoms with van der Waals surface area (Å²) >= 11 is 0. The summed E-state index contributed by atoms with van der Waals surface area (Å²) in [5.74, 6) is 0.475. The fraction of sp³-hybridized carbons (Fsp3) is 0.789. The zero-order valence-electron chi connectivity index (χ0n) is 28.3. The molecule has 4 nitrogen and oxygen atoms in total. The van der Waals surface area contributed by atoms with Gasteiger partial charge in [-0.25, -0.2) is 0 Å². The van der Waals surface area contributed by atoms with Gasteiger partial charge in [0.25, 0.3) is 0 Å². The van der Waals surface area contributed by atoms with Gasteiger partial charge < -0.3 is 10.6 Å². The largest absolute Gasteiger partial charge is 0.326 e. The zero-order valence-corrected chi connectivity index (χ0v) is 28.3. The molecule has 0 unspecified atom stereocenters. The molecule has 0 saturated carbocycles. The summed E-state index contributed by atoms with van der Waals surface area (Å²) in [7, 11) is 0. The average Bonchev–Trinajstić information content (AvgIpc) is 2.99. The Hall–Kier alpha value is -1.84. The molecule has 0 heterocycles. The molecule has 2 atom stereocenters. The number of hydrogen-bond donors (Lipinski definition) is 2. The predicted octanol–water partition coefficient (Wildman–Crippen LogP) is 12.2. The van der Waals surface area contributed by atoms with Gasteiger partial charge in [-0.15, -0.1) is 0 Å². The summed E-state index contributed by atoms with van der Waals surface area (Å²) in [6.45, 7) is 8.95. The number of benzene rings is 1. The number of carbonyl (C=O) groups excluding carboxylic acids is 2. The van der Waals surface area contributed by atoms with Gasteiger partial charge in [0.05, 0.1) is 0 Å². The van der Waals surface area contributed by atoms with Gasteiger partial charge in [-0.1, -0.05) is 156 Å². The minimum atomic E-state index is 0.0853. The number of unbranched alkanes of at least 4 members (excludes halogenated alkanes) is 16. The van der Waals surface area contributed by atoms with Gasteiger partial charge in [-0.2, -0.15) is 0 Å². The van der Waals surface area contributed by atoms with Gasteiger partial charge in [0, 0.05) is 23.2 Å². The van der Waals surface area contributed by atoms with Crippen LogP contribution < -0.4 is 10.6 Å². The first-order chi connectivity index (χ1) is 20.5. The first-order valence-corrected chi connectivity index (χ1v) is 18.3. The van der Waals surface area contributed by atoms with Crippen LogP contribution in [-0.2, 0) is 9.59 Å². The van der Waals surface area contributed by atoms with Gasteiger partial charge in [0.1, 0.15) is 0 Å². The van der Waals surface area contributed by atoms with E-state index in [0.717, 1.165) is 62.7 Å². The van der Waals surface area contributed by atoms with E-state index in [4.69, 9.17) is 0 Å². The van der Waals surface area contributed by atoms with Crippen molar-refractivity contribution in [3.8, 4) is 0 Å². The molecule has 42 heavy (non-hydrogen) atoms. The molecule has 0 bridgehead atoms. The molecular formula is C38H68N2O2. The topological polar surface area (TPSA) is 58.2 Å². The standard InChI is InChI=1S/C38H68N2O2/c1-5-9-13-15-17-19-23-27-33(25-21-11-7-3)37(41)39-35-29-31-36(32-30-35)40-38(42)34(26-22-12-8-4)28-24-20-18-16-14-10-6-2/h29-34H,5-28H2,1-4H3,(H,39,41)(H,40,42)/t33-,34+. The lowest BCUT2D eigenvalue weighted by atomic mass is 9.93. The maximum atomic E-state index is 13.2. The Morgan fingerprint density at radius 3 is 0.976 bits per heavy atom. The van der Waals surface area contributed by atoms with Crippen LogP contribution in [0.3, 0.4) is 0 Å². The summed E-state index contributed by atoms with van der Waals surface area (Å²) in [6.07, 6.45) is 28.8. The Kier molecular flexibility index (Phi) is 24.3. The maximum absolute atomic E-state index is 13.2. The van der Waals surface area contributed by atoms with Gasteiger partial charge >= 0.3 is 0 Å². The molecule has 0 aliphatic carbocycles. The van der Waals surface area contributed by atoms with Crippen LogP contribution >= 0.6 is 0 Å². The normalized spacial score (nSPS) is 12.7. The molecule has 1 aromatic carbocycles. The summed E-state index contributed by atoms with van der Waals surface area (Å²) in [6, 6.07) is 7.75. The molecule has 0 radical (unpaired) electrons. The first-order valence-electron chi connectivity index (χ1n) is 18.3. The Morgan fingerprint density at radius 1 is 0.429 bits per heavy atom. The highest BCUT2D eigenvalue weighted by atomic mass is 16.2. The van der Waals surface area contributed by atoms with Crippen LogP contribution in [0, 0.1) is 11.8 Å². The van der Waals surface area contributed by atoms with Crippen molar-refractivity contribution < 1.29 is 9.59 Å². The number of carbonyl (C=O) groups is 2. The van der Waals surface area contributed by atoms with Crippen LogP contribution in [0.5, 0.6) is 0 Å². The molecule has 0 saturated heterocycles. The molecule has 0 aliphatic rings. The minimum Gasteiger partial charge on any atom is -0.326 e. The number of nitrogens with one attached hydrogen (secondary N) is 2. The lowest BCUT2D eigenvalue weighted by molar-refractivity contribution is -0.121. The van der Waals surface area contributed by atoms with E-state index < -0.39 is 0 Å². The monoisotopic (exact) mass is 585 g/mol. The van der Waals surface area contributed by atoms with Crippen molar-refractivity contribution in [2.24, 2.45) is 11.8 Å². The van der Waals surface area contributed by atoms with E-state index in [-0.39, 0.29) is 23.7 Å². The van der Waals surface area contributed by atoms with E-state index in [2.05, 4.69) is 38.3 Å². The Balaban J connectivity index is 2.59. The number of amides is 2. The van der Waals surface area contributed by atoms with Crippen molar-refractivity contribution in [3.05, 3.63) is 24.3 Å². The molecule has 2 N–H and O–H groups in total. The van der Waals surface area contributed by atoms with Crippen molar-refractivity contribution in [2.45, 2.75) is 182 Å². The van der Waals surface area contributed by atoms with Crippen molar-refractivity contribution in [3.63, 3.8) is 0 Å². The summed E-state index contributed by atoms with van der Waals surface area (Å²) in [5, 5.41) is 6.35. The van der Waals surface area contributed by atoms with Crippen LogP contribution in [-0.4, -0.2) is 11.8 Å². The highest BCUT2D eigenvalue weighted by Gasteiger charge is 2.19. The van der Waals surface area contributed by atoms with Gasteiger partial charge in [-0.05, 0) is 49.9 Å². The van der Waals surface area contributed by atoms with E-state index in [1.165, 1.54) is 103 Å². The molecule has 0 aliphatic heterocycles. The number of anilines is 2. The van der Waals surface area contributed by atoms with E-state index >= 15 is 0 Å². The van der Waals surface area contributed by atoms with Crippen LogP contribution in [0.15, 0.2) is 24.3 Å². The van der Waals surface area contributed by atoms with Crippen molar-refractivity contribution in [1.29, 1.82) is 0 Å². The van der Waals surface area contributed by atoms with Crippen molar-refractivity contribution in [2.75, 3.05) is 10.6 Å². The Bertz CT molecular complexity index is 711. The van der Waals surface area contributed by atoms with Crippen LogP contribution in [0.2, 0.25) is 0 Å². The first kappa shape index (κ1) is 38.2. The molecule has 1 rings (SSSR count). The second-order valence-electron chi connectivity index (χ2n) is 12.8. The summed E-state index contributed by atoms with van der Waals surface area (Å²) < 4.78 is 0. The second-order valence-corrected chi connectivity index (χ2v) is 12.8. The summed E-state index contributed by atoms with van der Waals surface area (Å²) in [4.78, 5) is 26.4. The maximum Gasteiger partial charge on any atom is 0.227 e. The van der Waals surface area contributed by atoms with Crippen molar-refractivity contribution in [1.82, 2.24) is 0 Å². The molecule has 2 amide bonds. The third-order valence-electron chi connectivity index (χ3n) is 8.79. The van der Waals surface area contributed by atoms with E-state index in [0.29, 0.717) is 0 Å². The molecule has 1 aromatic rings. The predicted molar refractivity (Wildman–Crippen MR) is 184 cm³/mol. The van der Waals surface area contributed by atoms with Crippen molar-refractivity contribution >= 4 is 23.2 Å². The minimum absolute atomic E-state index is 0.0853. The van der Waals surface area contributed by atoms with E-state index in [1.807, 2.05) is 24.3 Å². The van der Waals surface area contributed by atoms with Gasteiger partial charge in [-0.3, -0.25) is 9.59 Å². The van der Waals surface area contributed by atoms with Crippen LogP contribution in [0.4, 0.5) is 11.4 Å². The van der Waals surface area contributed by atoms with E-state index in [9.17, 15) is 9.59 Å². The molecule has 242 valence electrons. The van der Waals surface area contributed by atoms with E-state index in [1.54, 1.807) is 0 Å². The quantitative estimate of drug-likeness (QED) is 0.0962. The Morgan fingerprint density at radius 2 is 0.667 bits per heavy atom. The molecule has 0 fully saturated rings. The second kappa shape index (κ2) is 26.8. The average molecular weight is 585 g/mol. The zero-order chi connectivity index (χ0) is 30.7. The highest BCUT2D eigenvalue weighted by Crippen LogP contribution is 2.24. The van der Waals surface area contributed by atoms with Gasteiger partial charge in [0.2, 0.25) is 11.8 Å². The summed E-state index contributed by atoms with van der Waals surface area (Å²) in [5.41, 5.74) is 1.64. The smallest absolute Gasteiger partial charge is 0.227 e.